The van der Waals surface area contributed by atoms with Crippen LogP contribution in [0.5, 0.6) is 0 Å². The second kappa shape index (κ2) is 5.77. The van der Waals surface area contributed by atoms with Crippen molar-refractivity contribution in [2.75, 3.05) is 31.3 Å². The number of piperazine rings is 1. The standard InChI is InChI=1S/C18H23N3O2S/c1-18(2)10-21-15(12-5-3-4-6-13(12)18)7-20(8-16(21)22)17(23)14-9-24-11-19-14/h3-6,14-15,19H,7-11H2,1-2H3. The molecule has 24 heavy (non-hydrogen) atoms. The van der Waals surface area contributed by atoms with Crippen LogP contribution in [0, 0.1) is 0 Å². The molecule has 2 unspecified atom stereocenters. The molecule has 1 N–H and O–H groups in total. The summed E-state index contributed by atoms with van der Waals surface area (Å²) in [6.45, 7) is 5.89. The van der Waals surface area contributed by atoms with Gasteiger partial charge in [-0.15, -0.1) is 11.8 Å². The van der Waals surface area contributed by atoms with Gasteiger partial charge in [0, 0.05) is 30.1 Å². The van der Waals surface area contributed by atoms with Gasteiger partial charge in [-0.25, -0.2) is 0 Å². The quantitative estimate of drug-likeness (QED) is 0.835. The Labute approximate surface area is 146 Å². The van der Waals surface area contributed by atoms with Crippen LogP contribution in [0.15, 0.2) is 24.3 Å². The summed E-state index contributed by atoms with van der Waals surface area (Å²) in [5.41, 5.74) is 2.43. The fourth-order valence-electron chi connectivity index (χ4n) is 4.12. The van der Waals surface area contributed by atoms with E-state index in [1.807, 2.05) is 11.0 Å². The first-order valence-electron chi connectivity index (χ1n) is 8.46. The molecule has 128 valence electrons. The van der Waals surface area contributed by atoms with Crippen LogP contribution < -0.4 is 5.32 Å². The Morgan fingerprint density at radius 2 is 2.12 bits per heavy atom. The number of fused-ring (bicyclic) bond motifs is 3. The van der Waals surface area contributed by atoms with Gasteiger partial charge in [-0.2, -0.15) is 0 Å². The maximum atomic E-state index is 12.8. The highest BCUT2D eigenvalue weighted by Crippen LogP contribution is 2.41. The third-order valence-corrected chi connectivity index (χ3v) is 6.30. The van der Waals surface area contributed by atoms with Crippen LogP contribution in [-0.4, -0.2) is 58.9 Å². The highest BCUT2D eigenvalue weighted by atomic mass is 32.2. The molecule has 2 fully saturated rings. The number of rotatable bonds is 1. The van der Waals surface area contributed by atoms with Gasteiger partial charge in [-0.05, 0) is 11.1 Å². The predicted octanol–water partition coefficient (Wildman–Crippen LogP) is 1.35. The Hall–Kier alpha value is -1.53. The van der Waals surface area contributed by atoms with Crippen molar-refractivity contribution in [1.82, 2.24) is 15.1 Å². The van der Waals surface area contributed by atoms with Crippen LogP contribution >= 0.6 is 11.8 Å². The molecule has 3 aliphatic rings. The van der Waals surface area contributed by atoms with Gasteiger partial charge in [-0.3, -0.25) is 14.9 Å². The average Bonchev–Trinajstić information content (AvgIpc) is 3.09. The largest absolute Gasteiger partial charge is 0.331 e. The number of amides is 2. The summed E-state index contributed by atoms with van der Waals surface area (Å²) in [4.78, 5) is 29.2. The minimum absolute atomic E-state index is 0.0199. The van der Waals surface area contributed by atoms with E-state index in [1.54, 1.807) is 16.7 Å². The predicted molar refractivity (Wildman–Crippen MR) is 94.8 cm³/mol. The van der Waals surface area contributed by atoms with Crippen molar-refractivity contribution in [2.24, 2.45) is 0 Å². The molecule has 1 aromatic carbocycles. The SMILES string of the molecule is CC1(C)CN2C(=O)CN(C(=O)C3CSCN3)CC2c2ccccc21. The van der Waals surface area contributed by atoms with Crippen molar-refractivity contribution in [1.29, 1.82) is 0 Å². The summed E-state index contributed by atoms with van der Waals surface area (Å²) >= 11 is 1.73. The number of nitrogens with zero attached hydrogens (tertiary/aromatic N) is 2. The Bertz CT molecular complexity index is 685. The second-order valence-electron chi connectivity index (χ2n) is 7.50. The highest BCUT2D eigenvalue weighted by molar-refractivity contribution is 7.99. The summed E-state index contributed by atoms with van der Waals surface area (Å²) in [6.07, 6.45) is 0. The summed E-state index contributed by atoms with van der Waals surface area (Å²) in [7, 11) is 0. The Balaban J connectivity index is 1.65. The molecular weight excluding hydrogens is 322 g/mol. The third kappa shape index (κ3) is 2.52. The number of carbonyl (C=O) groups excluding carboxylic acids is 2. The van der Waals surface area contributed by atoms with Crippen LogP contribution in [0.3, 0.4) is 0 Å². The van der Waals surface area contributed by atoms with Gasteiger partial charge in [0.1, 0.15) is 0 Å². The number of hydrogen-bond donors (Lipinski definition) is 1. The van der Waals surface area contributed by atoms with Crippen LogP contribution in [0.2, 0.25) is 0 Å². The van der Waals surface area contributed by atoms with Crippen LogP contribution in [0.4, 0.5) is 0 Å². The minimum Gasteiger partial charge on any atom is -0.331 e. The van der Waals surface area contributed by atoms with E-state index in [1.165, 1.54) is 11.1 Å². The first-order chi connectivity index (χ1) is 11.5. The lowest BCUT2D eigenvalue weighted by Crippen LogP contribution is -2.60. The molecule has 2 saturated heterocycles. The summed E-state index contributed by atoms with van der Waals surface area (Å²) < 4.78 is 0. The van der Waals surface area contributed by atoms with Gasteiger partial charge >= 0.3 is 0 Å². The molecule has 2 amide bonds. The van der Waals surface area contributed by atoms with Crippen LogP contribution in [0.1, 0.15) is 31.0 Å². The topological polar surface area (TPSA) is 52.7 Å². The van der Waals surface area contributed by atoms with Crippen molar-refractivity contribution >= 4 is 23.6 Å². The molecule has 5 nitrogen and oxygen atoms in total. The fourth-order valence-corrected chi connectivity index (χ4v) is 5.05. The van der Waals surface area contributed by atoms with E-state index < -0.39 is 0 Å². The molecule has 6 heteroatoms. The summed E-state index contributed by atoms with van der Waals surface area (Å²) in [6, 6.07) is 8.19. The molecule has 3 aliphatic heterocycles. The first-order valence-corrected chi connectivity index (χ1v) is 9.61. The van der Waals surface area contributed by atoms with Crippen molar-refractivity contribution in [3.8, 4) is 0 Å². The monoisotopic (exact) mass is 345 g/mol. The average molecular weight is 345 g/mol. The highest BCUT2D eigenvalue weighted by Gasteiger charge is 2.45. The van der Waals surface area contributed by atoms with Gasteiger partial charge < -0.3 is 9.80 Å². The van der Waals surface area contributed by atoms with Crippen LogP contribution in [0.25, 0.3) is 0 Å². The maximum Gasteiger partial charge on any atom is 0.242 e. The van der Waals surface area contributed by atoms with E-state index in [9.17, 15) is 9.59 Å². The van der Waals surface area contributed by atoms with Crippen molar-refractivity contribution in [3.05, 3.63) is 35.4 Å². The Morgan fingerprint density at radius 1 is 1.33 bits per heavy atom. The lowest BCUT2D eigenvalue weighted by atomic mass is 9.75. The van der Waals surface area contributed by atoms with Gasteiger partial charge in [0.15, 0.2) is 0 Å². The zero-order valence-corrected chi connectivity index (χ0v) is 14.9. The van der Waals surface area contributed by atoms with Gasteiger partial charge in [-0.1, -0.05) is 38.1 Å². The maximum absolute atomic E-state index is 12.8. The van der Waals surface area contributed by atoms with Crippen molar-refractivity contribution < 1.29 is 9.59 Å². The minimum atomic E-state index is -0.148. The molecule has 0 bridgehead atoms. The lowest BCUT2D eigenvalue weighted by molar-refractivity contribution is -0.151. The molecule has 0 spiro atoms. The Morgan fingerprint density at radius 3 is 2.88 bits per heavy atom. The zero-order valence-electron chi connectivity index (χ0n) is 14.1. The van der Waals surface area contributed by atoms with E-state index in [0.29, 0.717) is 13.1 Å². The summed E-state index contributed by atoms with van der Waals surface area (Å²) in [5, 5.41) is 3.22. The van der Waals surface area contributed by atoms with Gasteiger partial charge in [0.2, 0.25) is 11.8 Å². The Kier molecular flexibility index (Phi) is 3.84. The first kappa shape index (κ1) is 16.0. The zero-order chi connectivity index (χ0) is 16.9. The number of benzene rings is 1. The van der Waals surface area contributed by atoms with Crippen LogP contribution in [-0.2, 0) is 15.0 Å². The third-order valence-electron chi connectivity index (χ3n) is 5.36. The van der Waals surface area contributed by atoms with Crippen molar-refractivity contribution in [2.45, 2.75) is 31.3 Å². The van der Waals surface area contributed by atoms with E-state index in [-0.39, 0.29) is 35.9 Å². The smallest absolute Gasteiger partial charge is 0.242 e. The second-order valence-corrected chi connectivity index (χ2v) is 8.53. The molecule has 2 atom stereocenters. The molecule has 4 rings (SSSR count). The molecule has 0 aromatic heterocycles. The van der Waals surface area contributed by atoms with E-state index in [0.717, 1.165) is 11.6 Å². The molecule has 0 aliphatic carbocycles. The number of nitrogens with one attached hydrogen (secondary N) is 1. The molecule has 0 saturated carbocycles. The molecule has 1 aromatic rings. The van der Waals surface area contributed by atoms with E-state index in [4.69, 9.17) is 0 Å². The van der Waals surface area contributed by atoms with E-state index >= 15 is 0 Å². The lowest BCUT2D eigenvalue weighted by Gasteiger charge is -2.49. The van der Waals surface area contributed by atoms with Crippen molar-refractivity contribution in [3.63, 3.8) is 0 Å². The van der Waals surface area contributed by atoms with Gasteiger partial charge in [0.25, 0.3) is 0 Å². The fraction of sp³-hybridized carbons (Fsp3) is 0.556. The number of thioether (sulfide) groups is 1. The normalized spacial score (nSPS) is 28.5. The van der Waals surface area contributed by atoms with Gasteiger partial charge in [0.05, 0.1) is 18.6 Å². The molecule has 3 heterocycles. The number of carbonyl (C=O) groups is 2. The molecule has 0 radical (unpaired) electrons. The number of hydrogen-bond acceptors (Lipinski definition) is 4. The summed E-state index contributed by atoms with van der Waals surface area (Å²) in [5.74, 6) is 1.73. The molecular formula is C18H23N3O2S. The van der Waals surface area contributed by atoms with E-state index in [2.05, 4.69) is 37.4 Å².